The maximum Gasteiger partial charge on any atom is 0.374 e. The molecule has 42 heavy (non-hydrogen) atoms. The van der Waals surface area contributed by atoms with Crippen LogP contribution in [0.2, 0.25) is 20.1 Å². The van der Waals surface area contributed by atoms with E-state index in [1.165, 1.54) is 12.1 Å². The quantitative estimate of drug-likeness (QED) is 0.208. The number of aryl methyl sites for hydroxylation is 1. The van der Waals surface area contributed by atoms with Gasteiger partial charge in [0.05, 0.1) is 38.0 Å². The molecule has 0 saturated carbocycles. The van der Waals surface area contributed by atoms with E-state index in [-0.39, 0.29) is 6.54 Å². The number of anilines is 2. The van der Waals surface area contributed by atoms with Gasteiger partial charge in [0.15, 0.2) is 17.6 Å². The van der Waals surface area contributed by atoms with Crippen molar-refractivity contribution in [3.05, 3.63) is 80.3 Å². The minimum absolute atomic E-state index is 0.251. The molecular weight excluding hydrogens is 624 g/mol. The molecule has 3 heterocycles. The summed E-state index contributed by atoms with van der Waals surface area (Å²) in [6.07, 6.45) is 5.79. The van der Waals surface area contributed by atoms with Gasteiger partial charge in [0.25, 0.3) is 5.82 Å². The van der Waals surface area contributed by atoms with E-state index in [2.05, 4.69) is 23.6 Å². The molecule has 2 N–H and O–H groups in total. The molecule has 0 radical (unpaired) electrons. The number of imidazole rings is 1. The van der Waals surface area contributed by atoms with Gasteiger partial charge >= 0.3 is 5.97 Å². The first kappa shape index (κ1) is 30.0. The number of hydrogen-bond acceptors (Lipinski definition) is 6. The van der Waals surface area contributed by atoms with Crippen molar-refractivity contribution in [1.82, 2.24) is 9.30 Å². The summed E-state index contributed by atoms with van der Waals surface area (Å²) in [5.74, 6) is 0.0620. The second kappa shape index (κ2) is 12.0. The molecule has 1 aliphatic heterocycles. The van der Waals surface area contributed by atoms with Crippen LogP contribution in [0.5, 0.6) is 11.8 Å². The summed E-state index contributed by atoms with van der Waals surface area (Å²) in [5.41, 5.74) is 3.35. The van der Waals surface area contributed by atoms with Crippen molar-refractivity contribution in [3.63, 3.8) is 0 Å². The minimum atomic E-state index is -0.731. The molecule has 4 aromatic rings. The average molecular weight is 652 g/mol. The second-order valence-electron chi connectivity index (χ2n) is 9.38. The van der Waals surface area contributed by atoms with E-state index in [9.17, 15) is 15.0 Å². The number of aromatic nitrogens is 3. The van der Waals surface area contributed by atoms with Crippen molar-refractivity contribution >= 4 is 80.9 Å². The summed E-state index contributed by atoms with van der Waals surface area (Å²) in [5, 5.41) is 21.5. The van der Waals surface area contributed by atoms with Gasteiger partial charge in [-0.3, -0.25) is 0 Å². The fourth-order valence-corrected chi connectivity index (χ4v) is 5.83. The van der Waals surface area contributed by atoms with Crippen LogP contribution in [0.3, 0.4) is 0 Å². The molecule has 0 unspecified atom stereocenters. The number of aromatic hydroxyl groups is 2. The zero-order chi connectivity index (χ0) is 30.3. The first-order valence-corrected chi connectivity index (χ1v) is 14.7. The number of hydrogen-bond donors (Lipinski definition) is 2. The third kappa shape index (κ3) is 5.26. The Balaban J connectivity index is 1.58. The number of carbonyl (C=O) groups is 1. The molecule has 0 aliphatic carbocycles. The van der Waals surface area contributed by atoms with Crippen molar-refractivity contribution in [3.8, 4) is 11.8 Å². The van der Waals surface area contributed by atoms with Crippen molar-refractivity contribution in [2.45, 2.75) is 33.9 Å². The molecule has 0 spiro atoms. The van der Waals surface area contributed by atoms with Crippen molar-refractivity contribution in [1.29, 1.82) is 0 Å². The summed E-state index contributed by atoms with van der Waals surface area (Å²) in [4.78, 5) is 22.6. The van der Waals surface area contributed by atoms with Crippen LogP contribution in [0.25, 0.3) is 17.1 Å². The Morgan fingerprint density at radius 2 is 1.40 bits per heavy atom. The van der Waals surface area contributed by atoms with Gasteiger partial charge in [0.1, 0.15) is 5.82 Å². The van der Waals surface area contributed by atoms with Crippen LogP contribution in [0.15, 0.2) is 54.4 Å². The number of fused-ring (bicyclic) bond motifs is 2. The first-order chi connectivity index (χ1) is 20.1. The van der Waals surface area contributed by atoms with Crippen LogP contribution >= 0.6 is 46.4 Å². The highest BCUT2D eigenvalue weighted by molar-refractivity contribution is 6.43. The SMILES string of the molecule is CCN1C(=CC=Cc2n(CC)c3cc(Cl)c(Cl)cc3[n+]2CC(=O)On2c(O)ccc2O)N(CC)c2cc(Cl)c(Cl)cc21. The number of carbonyl (C=O) groups excluding carboxylic acids is 1. The summed E-state index contributed by atoms with van der Waals surface area (Å²) in [6.45, 7) is 7.83. The molecule has 5 rings (SSSR count). The summed E-state index contributed by atoms with van der Waals surface area (Å²) in [7, 11) is 0. The van der Waals surface area contributed by atoms with Gasteiger partial charge in [-0.15, -0.1) is 4.73 Å². The fourth-order valence-electron chi connectivity index (χ4n) is 5.20. The lowest BCUT2D eigenvalue weighted by Crippen LogP contribution is -2.43. The predicted octanol–water partition coefficient (Wildman–Crippen LogP) is 6.65. The second-order valence-corrected chi connectivity index (χ2v) is 11.0. The molecule has 0 fully saturated rings. The summed E-state index contributed by atoms with van der Waals surface area (Å²) < 4.78 is 4.40. The topological polar surface area (TPSA) is 87.0 Å². The van der Waals surface area contributed by atoms with Crippen LogP contribution in [-0.4, -0.2) is 38.6 Å². The van der Waals surface area contributed by atoms with Crippen LogP contribution in [0, 0.1) is 0 Å². The molecule has 0 atom stereocenters. The zero-order valence-electron chi connectivity index (χ0n) is 23.0. The van der Waals surface area contributed by atoms with Crippen LogP contribution in [0.4, 0.5) is 11.4 Å². The standard InChI is InChI=1S/C29H27Cl4N5O4/c1-4-34-21-12-17(30)18(31)13-22(21)35(5-2)25(34)8-7-9-26-36(6-3)23-14-19(32)20(33)15-24(23)37(26)16-29(41)42-38-27(39)10-11-28(38)40/h7-15H,4-6,16H2,1-3H3,(H-,39,40)/p+1. The van der Waals surface area contributed by atoms with Crippen LogP contribution < -0.4 is 19.2 Å². The van der Waals surface area contributed by atoms with Crippen molar-refractivity contribution < 1.29 is 24.4 Å². The monoisotopic (exact) mass is 650 g/mol. The smallest absolute Gasteiger partial charge is 0.374 e. The molecule has 1 aliphatic rings. The summed E-state index contributed by atoms with van der Waals surface area (Å²) in [6, 6.07) is 9.62. The maximum absolute atomic E-state index is 13.0. The third-order valence-corrected chi connectivity index (χ3v) is 8.47. The Labute approximate surface area is 262 Å². The number of nitrogens with zero attached hydrogens (tertiary/aromatic N) is 5. The maximum atomic E-state index is 13.0. The van der Waals surface area contributed by atoms with Crippen LogP contribution in [0.1, 0.15) is 26.6 Å². The number of benzene rings is 2. The van der Waals surface area contributed by atoms with E-state index in [1.54, 1.807) is 16.7 Å². The zero-order valence-corrected chi connectivity index (χ0v) is 26.0. The Morgan fingerprint density at radius 3 is 1.95 bits per heavy atom. The molecular formula is C29H28Cl4N5O4+. The normalized spacial score (nSPS) is 13.1. The highest BCUT2D eigenvalue weighted by atomic mass is 35.5. The van der Waals surface area contributed by atoms with E-state index in [4.69, 9.17) is 51.2 Å². The van der Waals surface area contributed by atoms with Gasteiger partial charge in [0, 0.05) is 43.4 Å². The van der Waals surface area contributed by atoms with E-state index in [0.717, 1.165) is 22.7 Å². The van der Waals surface area contributed by atoms with Crippen molar-refractivity contribution in [2.75, 3.05) is 22.9 Å². The fraction of sp³-hybridized carbons (Fsp3) is 0.241. The average Bonchev–Trinajstić information content (AvgIpc) is 3.53. The van der Waals surface area contributed by atoms with Crippen molar-refractivity contribution in [2.24, 2.45) is 0 Å². The van der Waals surface area contributed by atoms with Gasteiger partial charge in [-0.25, -0.2) is 13.9 Å². The van der Waals surface area contributed by atoms with Gasteiger partial charge in [-0.1, -0.05) is 52.5 Å². The van der Waals surface area contributed by atoms with E-state index < -0.39 is 17.7 Å². The van der Waals surface area contributed by atoms with Gasteiger partial charge in [0.2, 0.25) is 11.8 Å². The number of allylic oxidation sites excluding steroid dienone is 2. The first-order valence-electron chi connectivity index (χ1n) is 13.2. The molecule has 0 saturated heterocycles. The lowest BCUT2D eigenvalue weighted by molar-refractivity contribution is -0.662. The predicted molar refractivity (Wildman–Crippen MR) is 167 cm³/mol. The highest BCUT2D eigenvalue weighted by Gasteiger charge is 2.31. The van der Waals surface area contributed by atoms with E-state index in [1.807, 2.05) is 41.9 Å². The Hall–Kier alpha value is -3.50. The van der Waals surface area contributed by atoms with E-state index in [0.29, 0.717) is 55.8 Å². The lowest BCUT2D eigenvalue weighted by Gasteiger charge is -2.23. The van der Waals surface area contributed by atoms with Gasteiger partial charge < -0.3 is 24.9 Å². The molecule has 220 valence electrons. The summed E-state index contributed by atoms with van der Waals surface area (Å²) >= 11 is 25.5. The molecule has 0 amide bonds. The van der Waals surface area contributed by atoms with Gasteiger partial charge in [-0.05, 0) is 39.0 Å². The highest BCUT2D eigenvalue weighted by Crippen LogP contribution is 2.45. The molecule has 2 aromatic heterocycles. The molecule has 2 aromatic carbocycles. The minimum Gasteiger partial charge on any atom is -0.492 e. The third-order valence-electron chi connectivity index (χ3n) is 7.02. The number of rotatable bonds is 8. The van der Waals surface area contributed by atoms with E-state index >= 15 is 0 Å². The lowest BCUT2D eigenvalue weighted by atomic mass is 10.2. The Morgan fingerprint density at radius 1 is 0.857 bits per heavy atom. The largest absolute Gasteiger partial charge is 0.492 e. The number of halogens is 4. The van der Waals surface area contributed by atoms with Crippen LogP contribution in [-0.2, 0) is 17.9 Å². The Bertz CT molecular complexity index is 1700. The Kier molecular flexibility index (Phi) is 8.57. The molecule has 0 bridgehead atoms. The molecule has 13 heteroatoms. The van der Waals surface area contributed by atoms with Gasteiger partial charge in [-0.2, -0.15) is 0 Å². The molecule has 9 nitrogen and oxygen atoms in total.